The summed E-state index contributed by atoms with van der Waals surface area (Å²) in [6.45, 7) is 13.3. The van der Waals surface area contributed by atoms with Crippen LogP contribution in [-0.4, -0.2) is 11.5 Å². The molecule has 0 atom stereocenters. The van der Waals surface area contributed by atoms with Gasteiger partial charge in [-0.15, -0.1) is 11.3 Å². The Morgan fingerprint density at radius 3 is 2.45 bits per heavy atom. The number of nitrogens with one attached hydrogen (secondary N) is 1. The van der Waals surface area contributed by atoms with Crippen LogP contribution in [0.3, 0.4) is 0 Å². The second-order valence-electron chi connectivity index (χ2n) is 7.15. The molecule has 116 valence electrons. The molecule has 0 saturated heterocycles. The number of hydrogen-bond acceptors (Lipinski definition) is 3. The summed E-state index contributed by atoms with van der Waals surface area (Å²) in [7, 11) is 0. The number of unbranched alkanes of at least 4 members (excludes halogenated alkanes) is 3. The smallest absolute Gasteiger partial charge is 0.107 e. The summed E-state index contributed by atoms with van der Waals surface area (Å²) in [6, 6.07) is 0. The molecule has 20 heavy (non-hydrogen) atoms. The Balaban J connectivity index is 2.06. The fourth-order valence-corrected chi connectivity index (χ4v) is 3.08. The molecule has 1 aromatic rings. The number of rotatable bonds is 9. The van der Waals surface area contributed by atoms with Crippen LogP contribution in [0.5, 0.6) is 0 Å². The van der Waals surface area contributed by atoms with Gasteiger partial charge in [-0.3, -0.25) is 0 Å². The van der Waals surface area contributed by atoms with E-state index in [1.165, 1.54) is 42.8 Å². The zero-order chi connectivity index (χ0) is 15.0. The lowest BCUT2D eigenvalue weighted by atomic mass is 9.93. The van der Waals surface area contributed by atoms with Crippen LogP contribution in [0.15, 0.2) is 5.38 Å². The Bertz CT molecular complexity index is 363. The van der Waals surface area contributed by atoms with Crippen molar-refractivity contribution in [2.45, 2.75) is 78.7 Å². The number of thiazole rings is 1. The Kier molecular flexibility index (Phi) is 7.75. The largest absolute Gasteiger partial charge is 0.310 e. The molecule has 0 aliphatic carbocycles. The lowest BCUT2D eigenvalue weighted by molar-refractivity contribution is 0.511. The van der Waals surface area contributed by atoms with Gasteiger partial charge in [0, 0.05) is 17.3 Å². The van der Waals surface area contributed by atoms with Gasteiger partial charge in [0.05, 0.1) is 5.69 Å². The maximum Gasteiger partial charge on any atom is 0.107 e. The molecule has 0 saturated carbocycles. The molecule has 1 rings (SSSR count). The molecular weight excluding hydrogens is 264 g/mol. The summed E-state index contributed by atoms with van der Waals surface area (Å²) in [5.74, 6) is 0.857. The van der Waals surface area contributed by atoms with Crippen LogP contribution in [0, 0.1) is 5.92 Å². The fourth-order valence-electron chi connectivity index (χ4n) is 2.09. The summed E-state index contributed by atoms with van der Waals surface area (Å²) in [5.41, 5.74) is 1.39. The zero-order valence-corrected chi connectivity index (χ0v) is 14.8. The quantitative estimate of drug-likeness (QED) is 0.638. The SMILES string of the molecule is CC(C)CCCCCCNCc1nc(C(C)(C)C)cs1. The van der Waals surface area contributed by atoms with Crippen LogP contribution in [0.4, 0.5) is 0 Å². The first-order chi connectivity index (χ1) is 9.39. The molecule has 1 N–H and O–H groups in total. The van der Waals surface area contributed by atoms with Crippen LogP contribution < -0.4 is 5.32 Å². The summed E-state index contributed by atoms with van der Waals surface area (Å²) in [4.78, 5) is 4.70. The van der Waals surface area contributed by atoms with Crippen molar-refractivity contribution in [2.75, 3.05) is 6.54 Å². The van der Waals surface area contributed by atoms with Gasteiger partial charge in [0.1, 0.15) is 5.01 Å². The Hall–Kier alpha value is -0.410. The third-order valence-electron chi connectivity index (χ3n) is 3.48. The van der Waals surface area contributed by atoms with Gasteiger partial charge in [-0.2, -0.15) is 0 Å². The summed E-state index contributed by atoms with van der Waals surface area (Å²) >= 11 is 1.78. The monoisotopic (exact) mass is 296 g/mol. The second-order valence-corrected chi connectivity index (χ2v) is 8.09. The number of nitrogens with zero attached hydrogens (tertiary/aromatic N) is 1. The van der Waals surface area contributed by atoms with E-state index in [0.717, 1.165) is 19.0 Å². The standard InChI is InChI=1S/C17H32N2S/c1-14(2)10-8-6-7-9-11-18-12-16-19-15(13-20-16)17(3,4)5/h13-14,18H,6-12H2,1-5H3. The Morgan fingerprint density at radius 2 is 1.85 bits per heavy atom. The van der Waals surface area contributed by atoms with E-state index in [0.29, 0.717) is 0 Å². The normalized spacial score (nSPS) is 12.3. The molecule has 0 bridgehead atoms. The third-order valence-corrected chi connectivity index (χ3v) is 4.33. The van der Waals surface area contributed by atoms with Gasteiger partial charge >= 0.3 is 0 Å². The van der Waals surface area contributed by atoms with E-state index in [2.05, 4.69) is 45.3 Å². The van der Waals surface area contributed by atoms with Crippen molar-refractivity contribution in [3.8, 4) is 0 Å². The highest BCUT2D eigenvalue weighted by Gasteiger charge is 2.16. The number of hydrogen-bond donors (Lipinski definition) is 1. The Labute approximate surface area is 129 Å². The minimum absolute atomic E-state index is 0.172. The summed E-state index contributed by atoms with van der Waals surface area (Å²) < 4.78 is 0. The molecule has 0 spiro atoms. The molecule has 0 radical (unpaired) electrons. The van der Waals surface area contributed by atoms with Gasteiger partial charge in [-0.25, -0.2) is 4.98 Å². The Morgan fingerprint density at radius 1 is 1.15 bits per heavy atom. The zero-order valence-electron chi connectivity index (χ0n) is 14.0. The van der Waals surface area contributed by atoms with Crippen molar-refractivity contribution >= 4 is 11.3 Å². The van der Waals surface area contributed by atoms with Crippen LogP contribution in [0.25, 0.3) is 0 Å². The highest BCUT2D eigenvalue weighted by molar-refractivity contribution is 7.09. The molecule has 1 aromatic heterocycles. The molecule has 0 aliphatic rings. The van der Waals surface area contributed by atoms with Crippen molar-refractivity contribution in [1.82, 2.24) is 10.3 Å². The van der Waals surface area contributed by atoms with Gasteiger partial charge in [0.2, 0.25) is 0 Å². The first kappa shape index (κ1) is 17.6. The third kappa shape index (κ3) is 7.39. The molecule has 3 heteroatoms. The topological polar surface area (TPSA) is 24.9 Å². The van der Waals surface area contributed by atoms with E-state index in [1.54, 1.807) is 11.3 Å². The average Bonchev–Trinajstić information content (AvgIpc) is 2.80. The van der Waals surface area contributed by atoms with Crippen molar-refractivity contribution in [2.24, 2.45) is 5.92 Å². The molecule has 0 aromatic carbocycles. The van der Waals surface area contributed by atoms with Gasteiger partial charge < -0.3 is 5.32 Å². The highest BCUT2D eigenvalue weighted by Crippen LogP contribution is 2.23. The molecule has 2 nitrogen and oxygen atoms in total. The molecule has 0 aliphatic heterocycles. The van der Waals surface area contributed by atoms with Crippen molar-refractivity contribution in [3.63, 3.8) is 0 Å². The van der Waals surface area contributed by atoms with E-state index in [9.17, 15) is 0 Å². The van der Waals surface area contributed by atoms with Crippen molar-refractivity contribution in [1.29, 1.82) is 0 Å². The van der Waals surface area contributed by atoms with E-state index in [-0.39, 0.29) is 5.41 Å². The minimum atomic E-state index is 0.172. The first-order valence-electron chi connectivity index (χ1n) is 8.05. The van der Waals surface area contributed by atoms with Gasteiger partial charge in [0.25, 0.3) is 0 Å². The summed E-state index contributed by atoms with van der Waals surface area (Å²) in [6.07, 6.45) is 6.78. The van der Waals surface area contributed by atoms with Crippen LogP contribution in [0.1, 0.15) is 77.4 Å². The van der Waals surface area contributed by atoms with Gasteiger partial charge in [-0.05, 0) is 18.9 Å². The first-order valence-corrected chi connectivity index (χ1v) is 8.93. The lowest BCUT2D eigenvalue weighted by Gasteiger charge is -2.14. The molecule has 0 fully saturated rings. The molecule has 1 heterocycles. The van der Waals surface area contributed by atoms with Crippen molar-refractivity contribution in [3.05, 3.63) is 16.1 Å². The lowest BCUT2D eigenvalue weighted by Crippen LogP contribution is -2.16. The van der Waals surface area contributed by atoms with E-state index in [4.69, 9.17) is 4.98 Å². The van der Waals surface area contributed by atoms with E-state index >= 15 is 0 Å². The van der Waals surface area contributed by atoms with Crippen LogP contribution in [-0.2, 0) is 12.0 Å². The minimum Gasteiger partial charge on any atom is -0.310 e. The highest BCUT2D eigenvalue weighted by atomic mass is 32.1. The van der Waals surface area contributed by atoms with Crippen molar-refractivity contribution < 1.29 is 0 Å². The van der Waals surface area contributed by atoms with Gasteiger partial charge in [-0.1, -0.05) is 60.3 Å². The van der Waals surface area contributed by atoms with Crippen LogP contribution in [0.2, 0.25) is 0 Å². The fraction of sp³-hybridized carbons (Fsp3) is 0.824. The molecular formula is C17H32N2S. The van der Waals surface area contributed by atoms with E-state index in [1.807, 2.05) is 0 Å². The van der Waals surface area contributed by atoms with E-state index < -0.39 is 0 Å². The predicted molar refractivity (Wildman–Crippen MR) is 90.4 cm³/mol. The number of aromatic nitrogens is 1. The molecule has 0 unspecified atom stereocenters. The second kappa shape index (κ2) is 8.78. The average molecular weight is 297 g/mol. The maximum absolute atomic E-state index is 4.70. The molecule has 0 amide bonds. The van der Waals surface area contributed by atoms with Crippen LogP contribution >= 0.6 is 11.3 Å². The predicted octanol–water partition coefficient (Wildman–Crippen LogP) is 5.14. The van der Waals surface area contributed by atoms with Gasteiger partial charge in [0.15, 0.2) is 0 Å². The maximum atomic E-state index is 4.70. The summed E-state index contributed by atoms with van der Waals surface area (Å²) in [5, 5.41) is 6.93.